The summed E-state index contributed by atoms with van der Waals surface area (Å²) in [5, 5.41) is 9.02. The van der Waals surface area contributed by atoms with E-state index in [0.29, 0.717) is 0 Å². The molecule has 1 aromatic rings. The number of rotatable bonds is 8. The SMILES string of the molecule is CC(C)(CN)CCCCOc1cccc(CO)c1. The zero-order valence-electron chi connectivity index (χ0n) is 11.5. The minimum Gasteiger partial charge on any atom is -0.494 e. The lowest BCUT2D eigenvalue weighted by Gasteiger charge is -2.21. The summed E-state index contributed by atoms with van der Waals surface area (Å²) in [4.78, 5) is 0. The zero-order valence-corrected chi connectivity index (χ0v) is 11.5. The molecule has 0 saturated heterocycles. The fourth-order valence-electron chi connectivity index (χ4n) is 1.73. The maximum Gasteiger partial charge on any atom is 0.119 e. The van der Waals surface area contributed by atoms with E-state index < -0.39 is 0 Å². The van der Waals surface area contributed by atoms with Crippen LogP contribution >= 0.6 is 0 Å². The van der Waals surface area contributed by atoms with E-state index in [2.05, 4.69) is 13.8 Å². The van der Waals surface area contributed by atoms with E-state index in [0.717, 1.165) is 43.7 Å². The van der Waals surface area contributed by atoms with Crippen molar-refractivity contribution in [2.24, 2.45) is 11.1 Å². The van der Waals surface area contributed by atoms with Crippen LogP contribution in [-0.2, 0) is 6.61 Å². The Morgan fingerprint density at radius 1 is 1.28 bits per heavy atom. The van der Waals surface area contributed by atoms with Crippen molar-refractivity contribution < 1.29 is 9.84 Å². The van der Waals surface area contributed by atoms with Gasteiger partial charge in [-0.2, -0.15) is 0 Å². The number of aliphatic hydroxyl groups excluding tert-OH is 1. The fraction of sp³-hybridized carbons (Fsp3) is 0.600. The van der Waals surface area contributed by atoms with Gasteiger partial charge in [0.15, 0.2) is 0 Å². The van der Waals surface area contributed by atoms with E-state index in [-0.39, 0.29) is 12.0 Å². The highest BCUT2D eigenvalue weighted by molar-refractivity contribution is 5.27. The third-order valence-electron chi connectivity index (χ3n) is 3.15. The highest BCUT2D eigenvalue weighted by atomic mass is 16.5. The van der Waals surface area contributed by atoms with Crippen LogP contribution < -0.4 is 10.5 Å². The van der Waals surface area contributed by atoms with E-state index in [9.17, 15) is 0 Å². The summed E-state index contributed by atoms with van der Waals surface area (Å²) in [6, 6.07) is 7.59. The van der Waals surface area contributed by atoms with Crippen LogP contribution in [0.15, 0.2) is 24.3 Å². The van der Waals surface area contributed by atoms with Gasteiger partial charge in [-0.15, -0.1) is 0 Å². The molecule has 18 heavy (non-hydrogen) atoms. The molecule has 0 saturated carbocycles. The minimum absolute atomic E-state index is 0.0574. The molecule has 3 nitrogen and oxygen atoms in total. The van der Waals surface area contributed by atoms with Gasteiger partial charge in [0, 0.05) is 0 Å². The summed E-state index contributed by atoms with van der Waals surface area (Å²) in [6.45, 7) is 5.89. The quantitative estimate of drug-likeness (QED) is 0.698. The monoisotopic (exact) mass is 251 g/mol. The first-order chi connectivity index (χ1) is 8.57. The molecule has 0 aliphatic rings. The summed E-state index contributed by atoms with van der Waals surface area (Å²) in [6.07, 6.45) is 3.29. The van der Waals surface area contributed by atoms with Crippen LogP contribution in [0.5, 0.6) is 5.75 Å². The number of nitrogens with two attached hydrogens (primary N) is 1. The molecule has 0 spiro atoms. The Morgan fingerprint density at radius 3 is 2.72 bits per heavy atom. The Hall–Kier alpha value is -1.06. The fourth-order valence-corrected chi connectivity index (χ4v) is 1.73. The normalized spacial score (nSPS) is 11.6. The van der Waals surface area contributed by atoms with E-state index >= 15 is 0 Å². The topological polar surface area (TPSA) is 55.5 Å². The van der Waals surface area contributed by atoms with Crippen molar-refractivity contribution in [2.75, 3.05) is 13.2 Å². The van der Waals surface area contributed by atoms with Crippen molar-refractivity contribution in [3.05, 3.63) is 29.8 Å². The summed E-state index contributed by atoms with van der Waals surface area (Å²) in [5.74, 6) is 0.833. The molecule has 1 rings (SSSR count). The van der Waals surface area contributed by atoms with Gasteiger partial charge in [-0.1, -0.05) is 26.0 Å². The van der Waals surface area contributed by atoms with Gasteiger partial charge in [-0.05, 0) is 48.9 Å². The number of ether oxygens (including phenoxy) is 1. The number of unbranched alkanes of at least 4 members (excludes halogenated alkanes) is 1. The molecular weight excluding hydrogens is 226 g/mol. The lowest BCUT2D eigenvalue weighted by Crippen LogP contribution is -2.23. The standard InChI is InChI=1S/C15H25NO2/c1-15(2,12-16)8-3-4-9-18-14-7-5-6-13(10-14)11-17/h5-7,10,17H,3-4,8-9,11-12,16H2,1-2H3. The van der Waals surface area contributed by atoms with Gasteiger partial charge in [0.1, 0.15) is 5.75 Å². The molecule has 3 heteroatoms. The molecule has 0 aliphatic carbocycles. The van der Waals surface area contributed by atoms with Crippen LogP contribution in [0.4, 0.5) is 0 Å². The van der Waals surface area contributed by atoms with E-state index in [1.165, 1.54) is 0 Å². The first-order valence-corrected chi connectivity index (χ1v) is 6.60. The van der Waals surface area contributed by atoms with Crippen LogP contribution in [0.25, 0.3) is 0 Å². The van der Waals surface area contributed by atoms with Gasteiger partial charge in [-0.3, -0.25) is 0 Å². The van der Waals surface area contributed by atoms with Gasteiger partial charge in [0.25, 0.3) is 0 Å². The summed E-state index contributed by atoms with van der Waals surface area (Å²) in [7, 11) is 0. The summed E-state index contributed by atoms with van der Waals surface area (Å²) < 4.78 is 5.65. The lowest BCUT2D eigenvalue weighted by atomic mass is 9.87. The van der Waals surface area contributed by atoms with E-state index in [1.807, 2.05) is 24.3 Å². The Labute approximate surface area is 110 Å². The molecule has 0 heterocycles. The largest absolute Gasteiger partial charge is 0.494 e. The van der Waals surface area contributed by atoms with Gasteiger partial charge in [-0.25, -0.2) is 0 Å². The average Bonchev–Trinajstić information content (AvgIpc) is 2.38. The molecule has 3 N–H and O–H groups in total. The number of benzene rings is 1. The molecule has 0 radical (unpaired) electrons. The van der Waals surface area contributed by atoms with Crippen molar-refractivity contribution in [1.29, 1.82) is 0 Å². The van der Waals surface area contributed by atoms with Gasteiger partial charge < -0.3 is 15.6 Å². The number of hydrogen-bond acceptors (Lipinski definition) is 3. The van der Waals surface area contributed by atoms with Crippen molar-refractivity contribution in [3.63, 3.8) is 0 Å². The molecule has 0 aromatic heterocycles. The van der Waals surface area contributed by atoms with Crippen LogP contribution in [0.3, 0.4) is 0 Å². The van der Waals surface area contributed by atoms with E-state index in [4.69, 9.17) is 15.6 Å². The molecule has 0 amide bonds. The number of hydrogen-bond donors (Lipinski definition) is 2. The molecule has 0 atom stereocenters. The minimum atomic E-state index is 0.0574. The second-order valence-corrected chi connectivity index (χ2v) is 5.48. The smallest absolute Gasteiger partial charge is 0.119 e. The van der Waals surface area contributed by atoms with Gasteiger partial charge >= 0.3 is 0 Å². The second-order valence-electron chi connectivity index (χ2n) is 5.48. The zero-order chi connectivity index (χ0) is 13.4. The second kappa shape index (κ2) is 7.39. The van der Waals surface area contributed by atoms with Crippen LogP contribution in [0.1, 0.15) is 38.7 Å². The van der Waals surface area contributed by atoms with Gasteiger partial charge in [0.05, 0.1) is 13.2 Å². The van der Waals surface area contributed by atoms with Crippen LogP contribution in [0.2, 0.25) is 0 Å². The number of aliphatic hydroxyl groups is 1. The van der Waals surface area contributed by atoms with E-state index in [1.54, 1.807) is 0 Å². The third-order valence-corrected chi connectivity index (χ3v) is 3.15. The molecule has 0 unspecified atom stereocenters. The maximum atomic E-state index is 9.02. The third kappa shape index (κ3) is 5.52. The Morgan fingerprint density at radius 2 is 2.06 bits per heavy atom. The summed E-state index contributed by atoms with van der Waals surface area (Å²) in [5.41, 5.74) is 6.81. The van der Waals surface area contributed by atoms with Crippen molar-refractivity contribution in [3.8, 4) is 5.75 Å². The average molecular weight is 251 g/mol. The first-order valence-electron chi connectivity index (χ1n) is 6.60. The van der Waals surface area contributed by atoms with Crippen molar-refractivity contribution in [2.45, 2.75) is 39.7 Å². The molecule has 102 valence electrons. The molecule has 1 aromatic carbocycles. The van der Waals surface area contributed by atoms with Crippen LogP contribution in [0, 0.1) is 5.41 Å². The summed E-state index contributed by atoms with van der Waals surface area (Å²) >= 11 is 0. The molecule has 0 fully saturated rings. The highest BCUT2D eigenvalue weighted by Gasteiger charge is 2.14. The van der Waals surface area contributed by atoms with Crippen molar-refractivity contribution >= 4 is 0 Å². The molecule has 0 aliphatic heterocycles. The Bertz CT molecular complexity index is 350. The first kappa shape index (κ1) is 15.0. The lowest BCUT2D eigenvalue weighted by molar-refractivity contribution is 0.272. The predicted molar refractivity (Wildman–Crippen MR) is 74.5 cm³/mol. The predicted octanol–water partition coefficient (Wildman–Crippen LogP) is 2.71. The van der Waals surface area contributed by atoms with Gasteiger partial charge in [0.2, 0.25) is 0 Å². The Kier molecular flexibility index (Phi) is 6.16. The molecular formula is C15H25NO2. The molecule has 0 bridgehead atoms. The maximum absolute atomic E-state index is 9.02. The van der Waals surface area contributed by atoms with Crippen LogP contribution in [-0.4, -0.2) is 18.3 Å². The highest BCUT2D eigenvalue weighted by Crippen LogP contribution is 2.21. The Balaban J connectivity index is 2.21. The van der Waals surface area contributed by atoms with Crippen molar-refractivity contribution in [1.82, 2.24) is 0 Å².